The molecule has 0 aliphatic heterocycles. The Balaban J connectivity index is 0.000000257. The second-order valence-electron chi connectivity index (χ2n) is 4.79. The van der Waals surface area contributed by atoms with Crippen molar-refractivity contribution < 1.29 is 9.53 Å². The highest BCUT2D eigenvalue weighted by Gasteiger charge is 2.22. The molecule has 1 heterocycles. The molecule has 106 valence electrons. The summed E-state index contributed by atoms with van der Waals surface area (Å²) in [4.78, 5) is 13.4. The number of ether oxygens (including phenoxy) is 1. The average molecular weight is 272 g/mol. The van der Waals surface area contributed by atoms with Crippen LogP contribution in [0, 0.1) is 5.92 Å². The summed E-state index contributed by atoms with van der Waals surface area (Å²) >= 11 is 0. The van der Waals surface area contributed by atoms with Gasteiger partial charge in [-0.15, -0.1) is 0 Å². The number of hydrogen-bond acceptors (Lipinski definition) is 3. The van der Waals surface area contributed by atoms with Crippen LogP contribution in [0.15, 0.2) is 42.9 Å². The van der Waals surface area contributed by atoms with Gasteiger partial charge in [-0.2, -0.15) is 0 Å². The lowest BCUT2D eigenvalue weighted by atomic mass is 10.2. The van der Waals surface area contributed by atoms with Crippen LogP contribution in [0.3, 0.4) is 0 Å². The summed E-state index contributed by atoms with van der Waals surface area (Å²) in [5, 5.41) is 0. The molecule has 2 aromatic rings. The molecule has 0 N–H and O–H groups in total. The third-order valence-corrected chi connectivity index (χ3v) is 3.17. The molecule has 0 bridgehead atoms. The van der Waals surface area contributed by atoms with Gasteiger partial charge in [0.1, 0.15) is 0 Å². The average Bonchev–Trinajstić information content (AvgIpc) is 3.17. The van der Waals surface area contributed by atoms with E-state index in [-0.39, 0.29) is 0 Å². The molecule has 1 aromatic heterocycles. The third kappa shape index (κ3) is 4.23. The van der Waals surface area contributed by atoms with Crippen molar-refractivity contribution in [3.8, 4) is 11.3 Å². The van der Waals surface area contributed by atoms with Crippen LogP contribution >= 0.6 is 0 Å². The summed E-state index contributed by atoms with van der Waals surface area (Å²) < 4.78 is 6.42. The number of imidazole rings is 1. The van der Waals surface area contributed by atoms with Crippen LogP contribution in [0.2, 0.25) is 0 Å². The van der Waals surface area contributed by atoms with Gasteiger partial charge in [0.2, 0.25) is 0 Å². The Morgan fingerprint density at radius 1 is 1.35 bits per heavy atom. The SMILES string of the molecule is CCOC=O.c1ccc(-c2cncn2CC2CC2)cc1. The Morgan fingerprint density at radius 3 is 2.65 bits per heavy atom. The molecule has 1 aromatic carbocycles. The molecule has 1 saturated carbocycles. The topological polar surface area (TPSA) is 44.1 Å². The Morgan fingerprint density at radius 2 is 2.10 bits per heavy atom. The van der Waals surface area contributed by atoms with Crippen molar-refractivity contribution in [2.45, 2.75) is 26.3 Å². The summed E-state index contributed by atoms with van der Waals surface area (Å²) in [7, 11) is 0. The summed E-state index contributed by atoms with van der Waals surface area (Å²) in [6.07, 6.45) is 6.66. The van der Waals surface area contributed by atoms with Gasteiger partial charge in [-0.05, 0) is 31.2 Å². The van der Waals surface area contributed by atoms with E-state index >= 15 is 0 Å². The maximum atomic E-state index is 9.18. The standard InChI is InChI=1S/C13H14N2.C3H6O2/c1-2-4-12(5-3-1)13-8-14-10-15(13)9-11-6-7-11;1-2-5-3-4/h1-5,8,10-11H,6-7,9H2;3H,2H2,1H3. The summed E-state index contributed by atoms with van der Waals surface area (Å²) in [5.74, 6) is 0.890. The highest BCUT2D eigenvalue weighted by molar-refractivity contribution is 5.58. The lowest BCUT2D eigenvalue weighted by Crippen LogP contribution is -1.99. The van der Waals surface area contributed by atoms with Crippen molar-refractivity contribution in [2.24, 2.45) is 5.92 Å². The zero-order chi connectivity index (χ0) is 14.2. The number of aromatic nitrogens is 2. The number of carbonyl (C=O) groups excluding carboxylic acids is 1. The lowest BCUT2D eigenvalue weighted by molar-refractivity contribution is -0.128. The van der Waals surface area contributed by atoms with Crippen LogP contribution < -0.4 is 0 Å². The maximum absolute atomic E-state index is 9.18. The van der Waals surface area contributed by atoms with Crippen LogP contribution in [0.1, 0.15) is 19.8 Å². The van der Waals surface area contributed by atoms with Crippen molar-refractivity contribution in [1.29, 1.82) is 0 Å². The van der Waals surface area contributed by atoms with Crippen molar-refractivity contribution in [1.82, 2.24) is 9.55 Å². The highest BCUT2D eigenvalue weighted by atomic mass is 16.5. The summed E-state index contributed by atoms with van der Waals surface area (Å²) in [6.45, 7) is 3.79. The predicted octanol–water partition coefficient (Wildman–Crippen LogP) is 3.14. The number of rotatable bonds is 5. The predicted molar refractivity (Wildman–Crippen MR) is 78.1 cm³/mol. The molecule has 0 atom stereocenters. The van der Waals surface area contributed by atoms with Gasteiger partial charge in [0.15, 0.2) is 0 Å². The molecular formula is C16H20N2O2. The minimum Gasteiger partial charge on any atom is -0.468 e. The second kappa shape index (κ2) is 7.48. The normalized spacial score (nSPS) is 13.2. The monoisotopic (exact) mass is 272 g/mol. The van der Waals surface area contributed by atoms with Crippen LogP contribution in [-0.2, 0) is 16.1 Å². The van der Waals surface area contributed by atoms with Crippen LogP contribution in [-0.4, -0.2) is 22.6 Å². The first kappa shape index (κ1) is 14.3. The van der Waals surface area contributed by atoms with Gasteiger partial charge >= 0.3 is 0 Å². The van der Waals surface area contributed by atoms with Crippen molar-refractivity contribution >= 4 is 6.47 Å². The molecule has 1 fully saturated rings. The Kier molecular flexibility index (Phi) is 5.35. The Bertz CT molecular complexity index is 518. The fraction of sp³-hybridized carbons (Fsp3) is 0.375. The van der Waals surface area contributed by atoms with E-state index in [2.05, 4.69) is 38.6 Å². The van der Waals surface area contributed by atoms with Crippen molar-refractivity contribution in [3.63, 3.8) is 0 Å². The first-order valence-electron chi connectivity index (χ1n) is 6.96. The first-order chi connectivity index (χ1) is 9.85. The van der Waals surface area contributed by atoms with Gasteiger partial charge in [-0.3, -0.25) is 4.79 Å². The molecule has 0 spiro atoms. The Hall–Kier alpha value is -2.10. The number of benzene rings is 1. The zero-order valence-corrected chi connectivity index (χ0v) is 11.7. The van der Waals surface area contributed by atoms with E-state index in [1.165, 1.54) is 24.1 Å². The zero-order valence-electron chi connectivity index (χ0n) is 11.7. The Labute approximate surface area is 119 Å². The molecular weight excluding hydrogens is 252 g/mol. The second-order valence-corrected chi connectivity index (χ2v) is 4.79. The van der Waals surface area contributed by atoms with E-state index in [0.717, 1.165) is 12.5 Å². The number of carbonyl (C=O) groups is 1. The third-order valence-electron chi connectivity index (χ3n) is 3.17. The largest absolute Gasteiger partial charge is 0.468 e. The highest BCUT2D eigenvalue weighted by Crippen LogP contribution is 2.32. The fourth-order valence-corrected chi connectivity index (χ4v) is 1.96. The van der Waals surface area contributed by atoms with Gasteiger partial charge < -0.3 is 9.30 Å². The van der Waals surface area contributed by atoms with Gasteiger partial charge in [0.25, 0.3) is 6.47 Å². The van der Waals surface area contributed by atoms with E-state index in [4.69, 9.17) is 0 Å². The van der Waals surface area contributed by atoms with Crippen molar-refractivity contribution in [3.05, 3.63) is 42.9 Å². The lowest BCUT2D eigenvalue weighted by Gasteiger charge is -2.06. The fourth-order valence-electron chi connectivity index (χ4n) is 1.96. The van der Waals surface area contributed by atoms with E-state index < -0.39 is 0 Å². The van der Waals surface area contributed by atoms with Gasteiger partial charge in [0, 0.05) is 6.54 Å². The molecule has 20 heavy (non-hydrogen) atoms. The summed E-state index contributed by atoms with van der Waals surface area (Å²) in [6, 6.07) is 10.5. The molecule has 0 unspecified atom stereocenters. The van der Waals surface area contributed by atoms with E-state index in [1.54, 1.807) is 6.92 Å². The maximum Gasteiger partial charge on any atom is 0.293 e. The smallest absolute Gasteiger partial charge is 0.293 e. The molecule has 1 aliphatic carbocycles. The molecule has 4 nitrogen and oxygen atoms in total. The van der Waals surface area contributed by atoms with E-state index in [0.29, 0.717) is 13.1 Å². The molecule has 3 rings (SSSR count). The first-order valence-corrected chi connectivity index (χ1v) is 6.96. The molecule has 0 amide bonds. The quantitative estimate of drug-likeness (QED) is 0.785. The molecule has 1 aliphatic rings. The summed E-state index contributed by atoms with van der Waals surface area (Å²) in [5.41, 5.74) is 2.50. The molecule has 4 heteroatoms. The van der Waals surface area contributed by atoms with E-state index in [9.17, 15) is 4.79 Å². The minimum absolute atomic E-state index is 0.431. The molecule has 0 saturated heterocycles. The minimum atomic E-state index is 0.431. The van der Waals surface area contributed by atoms with E-state index in [1.807, 2.05) is 18.6 Å². The van der Waals surface area contributed by atoms with Crippen LogP contribution in [0.4, 0.5) is 0 Å². The van der Waals surface area contributed by atoms with Crippen molar-refractivity contribution in [2.75, 3.05) is 6.61 Å². The van der Waals surface area contributed by atoms with Crippen LogP contribution in [0.25, 0.3) is 11.3 Å². The van der Waals surface area contributed by atoms with Gasteiger partial charge in [-0.1, -0.05) is 30.3 Å². The van der Waals surface area contributed by atoms with Gasteiger partial charge in [-0.25, -0.2) is 4.98 Å². The number of hydrogen-bond donors (Lipinski definition) is 0. The van der Waals surface area contributed by atoms with Gasteiger partial charge in [0.05, 0.1) is 24.8 Å². The molecule has 0 radical (unpaired) electrons. The number of nitrogens with zero attached hydrogens (tertiary/aromatic N) is 2. The van der Waals surface area contributed by atoms with Crippen LogP contribution in [0.5, 0.6) is 0 Å².